The van der Waals surface area contributed by atoms with Crippen molar-refractivity contribution in [3.05, 3.63) is 29.3 Å². The Kier molecular flexibility index (Phi) is 4.67. The Bertz CT molecular complexity index is 471. The van der Waals surface area contributed by atoms with Gasteiger partial charge in [-0.05, 0) is 36.0 Å². The minimum atomic E-state index is -4.30. The molecule has 1 atom stereocenters. The van der Waals surface area contributed by atoms with Crippen LogP contribution in [0.15, 0.2) is 18.2 Å². The normalized spacial score (nSPS) is 19.9. The Morgan fingerprint density at radius 1 is 1.35 bits per heavy atom. The van der Waals surface area contributed by atoms with Crippen LogP contribution >= 0.6 is 15.9 Å². The molecule has 1 heterocycles. The van der Waals surface area contributed by atoms with Crippen molar-refractivity contribution in [1.82, 2.24) is 0 Å². The van der Waals surface area contributed by atoms with Crippen molar-refractivity contribution in [2.45, 2.75) is 31.8 Å². The van der Waals surface area contributed by atoms with Crippen LogP contribution in [0.2, 0.25) is 0 Å². The predicted molar refractivity (Wildman–Crippen MR) is 79.2 cm³/mol. The summed E-state index contributed by atoms with van der Waals surface area (Å²) in [7, 11) is 0. The molecule has 2 rings (SSSR count). The molecule has 1 fully saturated rings. The number of benzene rings is 1. The van der Waals surface area contributed by atoms with Gasteiger partial charge in [0.05, 0.1) is 5.56 Å². The zero-order valence-electron chi connectivity index (χ0n) is 11.7. The molecule has 0 bridgehead atoms. The van der Waals surface area contributed by atoms with E-state index in [4.69, 9.17) is 0 Å². The number of halogens is 4. The topological polar surface area (TPSA) is 3.24 Å². The summed E-state index contributed by atoms with van der Waals surface area (Å²) in [6.07, 6.45) is -3.33. The van der Waals surface area contributed by atoms with Gasteiger partial charge in [0.15, 0.2) is 0 Å². The molecule has 1 aromatic rings. The van der Waals surface area contributed by atoms with E-state index in [1.165, 1.54) is 6.07 Å². The van der Waals surface area contributed by atoms with Crippen LogP contribution in [0.3, 0.4) is 0 Å². The third-order valence-electron chi connectivity index (χ3n) is 4.03. The SMILES string of the molecule is CC(C)C1CCN(c2ccc(CBr)cc2C(F)(F)F)C1. The van der Waals surface area contributed by atoms with Gasteiger partial charge in [0.1, 0.15) is 0 Å². The standard InChI is InChI=1S/C15H19BrF3N/c1-10(2)12-5-6-20(9-12)14-4-3-11(8-16)7-13(14)15(17,18)19/h3-4,7,10,12H,5-6,8-9H2,1-2H3. The first-order valence-corrected chi connectivity index (χ1v) is 7.96. The summed E-state index contributed by atoms with van der Waals surface area (Å²) in [5.41, 5.74) is 0.463. The highest BCUT2D eigenvalue weighted by Crippen LogP contribution is 2.39. The van der Waals surface area contributed by atoms with Gasteiger partial charge in [0.2, 0.25) is 0 Å². The third kappa shape index (κ3) is 3.30. The maximum absolute atomic E-state index is 13.2. The summed E-state index contributed by atoms with van der Waals surface area (Å²) in [5, 5.41) is 0.435. The first kappa shape index (κ1) is 15.7. The van der Waals surface area contributed by atoms with Crippen LogP contribution in [0, 0.1) is 11.8 Å². The number of hydrogen-bond acceptors (Lipinski definition) is 1. The lowest BCUT2D eigenvalue weighted by Gasteiger charge is -2.24. The fraction of sp³-hybridized carbons (Fsp3) is 0.600. The maximum atomic E-state index is 13.2. The minimum absolute atomic E-state index is 0.324. The highest BCUT2D eigenvalue weighted by Gasteiger charge is 2.36. The zero-order valence-corrected chi connectivity index (χ0v) is 13.3. The van der Waals surface area contributed by atoms with Crippen molar-refractivity contribution in [2.75, 3.05) is 18.0 Å². The van der Waals surface area contributed by atoms with Crippen molar-refractivity contribution in [2.24, 2.45) is 11.8 Å². The molecule has 20 heavy (non-hydrogen) atoms. The molecule has 1 aromatic carbocycles. The quantitative estimate of drug-likeness (QED) is 0.687. The van der Waals surface area contributed by atoms with E-state index in [0.29, 0.717) is 41.5 Å². The molecule has 5 heteroatoms. The highest BCUT2D eigenvalue weighted by molar-refractivity contribution is 9.08. The van der Waals surface area contributed by atoms with E-state index < -0.39 is 11.7 Å². The zero-order chi connectivity index (χ0) is 14.9. The van der Waals surface area contributed by atoms with Gasteiger partial charge in [-0.1, -0.05) is 35.8 Å². The number of rotatable bonds is 3. The molecule has 1 unspecified atom stereocenters. The van der Waals surface area contributed by atoms with Gasteiger partial charge in [0.25, 0.3) is 0 Å². The number of alkyl halides is 4. The highest BCUT2D eigenvalue weighted by atomic mass is 79.9. The van der Waals surface area contributed by atoms with Crippen LogP contribution in [-0.4, -0.2) is 13.1 Å². The van der Waals surface area contributed by atoms with Crippen LogP contribution in [0.5, 0.6) is 0 Å². The van der Waals surface area contributed by atoms with E-state index >= 15 is 0 Å². The summed E-state index contributed by atoms with van der Waals surface area (Å²) < 4.78 is 39.7. The van der Waals surface area contributed by atoms with Crippen molar-refractivity contribution >= 4 is 21.6 Å². The number of hydrogen-bond donors (Lipinski definition) is 0. The Morgan fingerprint density at radius 2 is 2.05 bits per heavy atom. The largest absolute Gasteiger partial charge is 0.418 e. The van der Waals surface area contributed by atoms with E-state index in [9.17, 15) is 13.2 Å². The Labute approximate surface area is 126 Å². The summed E-state index contributed by atoms with van der Waals surface area (Å²) in [6.45, 7) is 5.69. The number of nitrogens with zero attached hydrogens (tertiary/aromatic N) is 1. The Balaban J connectivity index is 2.32. The smallest absolute Gasteiger partial charge is 0.371 e. The van der Waals surface area contributed by atoms with E-state index in [0.717, 1.165) is 6.42 Å². The van der Waals surface area contributed by atoms with Crippen molar-refractivity contribution < 1.29 is 13.2 Å². The molecule has 1 aliphatic heterocycles. The summed E-state index contributed by atoms with van der Waals surface area (Å²) in [4.78, 5) is 1.88. The molecule has 0 N–H and O–H groups in total. The van der Waals surface area contributed by atoms with E-state index in [1.807, 2.05) is 4.90 Å². The van der Waals surface area contributed by atoms with Crippen LogP contribution in [0.4, 0.5) is 18.9 Å². The van der Waals surface area contributed by atoms with Gasteiger partial charge in [-0.25, -0.2) is 0 Å². The van der Waals surface area contributed by atoms with Crippen LogP contribution < -0.4 is 4.90 Å². The molecule has 1 saturated heterocycles. The molecule has 0 aliphatic carbocycles. The Hall–Kier alpha value is -0.710. The summed E-state index contributed by atoms with van der Waals surface area (Å²) in [5.74, 6) is 0.989. The van der Waals surface area contributed by atoms with E-state index in [-0.39, 0.29) is 0 Å². The van der Waals surface area contributed by atoms with Crippen molar-refractivity contribution in [3.63, 3.8) is 0 Å². The fourth-order valence-electron chi connectivity index (χ4n) is 2.72. The molecular formula is C15H19BrF3N. The lowest BCUT2D eigenvalue weighted by molar-refractivity contribution is -0.137. The van der Waals surface area contributed by atoms with Gasteiger partial charge in [-0.3, -0.25) is 0 Å². The monoisotopic (exact) mass is 349 g/mol. The third-order valence-corrected chi connectivity index (χ3v) is 4.68. The minimum Gasteiger partial charge on any atom is -0.371 e. The van der Waals surface area contributed by atoms with E-state index in [1.54, 1.807) is 12.1 Å². The van der Waals surface area contributed by atoms with Crippen LogP contribution in [0.1, 0.15) is 31.4 Å². The lowest BCUT2D eigenvalue weighted by atomic mass is 9.95. The maximum Gasteiger partial charge on any atom is 0.418 e. The fourth-order valence-corrected chi connectivity index (χ4v) is 3.07. The second kappa shape index (κ2) is 5.96. The van der Waals surface area contributed by atoms with Gasteiger partial charge in [-0.15, -0.1) is 0 Å². The second-order valence-electron chi connectivity index (χ2n) is 5.72. The predicted octanol–water partition coefficient (Wildman–Crippen LogP) is 5.08. The molecule has 0 amide bonds. The van der Waals surface area contributed by atoms with Crippen molar-refractivity contribution in [3.8, 4) is 0 Å². The van der Waals surface area contributed by atoms with Crippen molar-refractivity contribution in [1.29, 1.82) is 0 Å². The average molecular weight is 350 g/mol. The molecule has 1 aliphatic rings. The molecule has 0 aromatic heterocycles. The van der Waals surface area contributed by atoms with E-state index in [2.05, 4.69) is 29.8 Å². The van der Waals surface area contributed by atoms with Crippen LogP contribution in [0.25, 0.3) is 0 Å². The second-order valence-corrected chi connectivity index (χ2v) is 6.28. The molecule has 0 spiro atoms. The molecular weight excluding hydrogens is 331 g/mol. The van der Waals surface area contributed by atoms with Gasteiger partial charge in [-0.2, -0.15) is 13.2 Å². The molecule has 0 radical (unpaired) electrons. The molecule has 112 valence electrons. The van der Waals surface area contributed by atoms with Crippen LogP contribution in [-0.2, 0) is 11.5 Å². The first-order valence-electron chi connectivity index (χ1n) is 6.84. The van der Waals surface area contributed by atoms with Gasteiger partial charge >= 0.3 is 6.18 Å². The number of anilines is 1. The molecule has 0 saturated carbocycles. The lowest BCUT2D eigenvalue weighted by Crippen LogP contribution is -2.24. The summed E-state index contributed by atoms with van der Waals surface area (Å²) in [6, 6.07) is 4.64. The first-order chi connectivity index (χ1) is 9.32. The average Bonchev–Trinajstić information content (AvgIpc) is 2.86. The summed E-state index contributed by atoms with van der Waals surface area (Å²) >= 11 is 3.21. The van der Waals surface area contributed by atoms with Gasteiger partial charge < -0.3 is 4.90 Å². The van der Waals surface area contributed by atoms with Gasteiger partial charge in [0, 0.05) is 24.1 Å². The molecule has 1 nitrogen and oxygen atoms in total. The Morgan fingerprint density at radius 3 is 2.55 bits per heavy atom.